The molecular formula is C17H19FN2O. The lowest BCUT2D eigenvalue weighted by molar-refractivity contribution is 0.384. The number of halogens is 1. The molecule has 3 nitrogen and oxygen atoms in total. The summed E-state index contributed by atoms with van der Waals surface area (Å²) in [6.07, 6.45) is 2.06. The van der Waals surface area contributed by atoms with E-state index in [1.54, 1.807) is 6.07 Å². The molecule has 110 valence electrons. The van der Waals surface area contributed by atoms with E-state index in [1.165, 1.54) is 24.3 Å². The average molecular weight is 286 g/mol. The van der Waals surface area contributed by atoms with Gasteiger partial charge in [0.2, 0.25) is 0 Å². The van der Waals surface area contributed by atoms with Gasteiger partial charge in [-0.15, -0.1) is 0 Å². The van der Waals surface area contributed by atoms with Crippen LogP contribution in [0.3, 0.4) is 0 Å². The van der Waals surface area contributed by atoms with Crippen molar-refractivity contribution < 1.29 is 9.13 Å². The Balaban J connectivity index is 1.95. The molecule has 3 N–H and O–H groups in total. The fourth-order valence-corrected chi connectivity index (χ4v) is 3.26. The molecule has 0 saturated heterocycles. The highest BCUT2D eigenvalue weighted by molar-refractivity contribution is 5.39. The standard InChI is InChI=1S/C17H19FN2O/c1-21-16-9-7-12(10-15(16)18)17(20-19)14-8-6-11-4-2-3-5-13(11)14/h2-5,7,9-10,14,17,20H,6,8,19H2,1H3. The molecule has 0 saturated carbocycles. The first kappa shape index (κ1) is 14.0. The summed E-state index contributed by atoms with van der Waals surface area (Å²) >= 11 is 0. The Labute approximate surface area is 123 Å². The van der Waals surface area contributed by atoms with Gasteiger partial charge in [0.05, 0.1) is 13.2 Å². The predicted octanol–water partition coefficient (Wildman–Crippen LogP) is 3.07. The predicted molar refractivity (Wildman–Crippen MR) is 80.5 cm³/mol. The number of hydrogen-bond donors (Lipinski definition) is 2. The van der Waals surface area contributed by atoms with E-state index in [-0.39, 0.29) is 23.5 Å². The van der Waals surface area contributed by atoms with Crippen molar-refractivity contribution in [3.63, 3.8) is 0 Å². The second-order valence-electron chi connectivity index (χ2n) is 5.38. The van der Waals surface area contributed by atoms with Crippen molar-refractivity contribution in [3.05, 3.63) is 65.0 Å². The summed E-state index contributed by atoms with van der Waals surface area (Å²) in [5.74, 6) is 5.91. The van der Waals surface area contributed by atoms with Gasteiger partial charge in [-0.2, -0.15) is 0 Å². The number of hydrogen-bond acceptors (Lipinski definition) is 3. The van der Waals surface area contributed by atoms with Gasteiger partial charge in [0.1, 0.15) is 0 Å². The van der Waals surface area contributed by atoms with Gasteiger partial charge < -0.3 is 4.74 Å². The first-order valence-corrected chi connectivity index (χ1v) is 7.12. The Morgan fingerprint density at radius 1 is 1.29 bits per heavy atom. The van der Waals surface area contributed by atoms with Gasteiger partial charge in [-0.25, -0.2) is 4.39 Å². The summed E-state index contributed by atoms with van der Waals surface area (Å²) in [6, 6.07) is 13.3. The van der Waals surface area contributed by atoms with Crippen LogP contribution in [0.15, 0.2) is 42.5 Å². The Bertz CT molecular complexity index is 644. The fourth-order valence-electron chi connectivity index (χ4n) is 3.26. The van der Waals surface area contributed by atoms with E-state index in [2.05, 4.69) is 23.6 Å². The zero-order chi connectivity index (χ0) is 14.8. The van der Waals surface area contributed by atoms with Crippen LogP contribution in [0.25, 0.3) is 0 Å². The molecule has 0 aliphatic heterocycles. The third kappa shape index (κ3) is 2.52. The number of nitrogens with two attached hydrogens (primary N) is 1. The van der Waals surface area contributed by atoms with E-state index in [4.69, 9.17) is 10.6 Å². The molecule has 2 aromatic carbocycles. The molecule has 0 amide bonds. The Morgan fingerprint density at radius 3 is 2.81 bits per heavy atom. The molecule has 0 radical (unpaired) electrons. The minimum atomic E-state index is -0.360. The topological polar surface area (TPSA) is 47.3 Å². The van der Waals surface area contributed by atoms with E-state index in [9.17, 15) is 4.39 Å². The molecule has 1 aliphatic rings. The highest BCUT2D eigenvalue weighted by Gasteiger charge is 2.30. The molecule has 0 spiro atoms. The highest BCUT2D eigenvalue weighted by atomic mass is 19.1. The van der Waals surface area contributed by atoms with Crippen LogP contribution >= 0.6 is 0 Å². The molecule has 0 heterocycles. The number of nitrogens with one attached hydrogen (secondary N) is 1. The molecule has 2 unspecified atom stereocenters. The molecule has 0 aromatic heterocycles. The third-order valence-corrected chi connectivity index (χ3v) is 4.30. The van der Waals surface area contributed by atoms with Crippen LogP contribution in [0.4, 0.5) is 4.39 Å². The van der Waals surface area contributed by atoms with Crippen LogP contribution in [-0.2, 0) is 6.42 Å². The minimum Gasteiger partial charge on any atom is -0.494 e. The Morgan fingerprint density at radius 2 is 2.10 bits per heavy atom. The number of benzene rings is 2. The number of fused-ring (bicyclic) bond motifs is 1. The van der Waals surface area contributed by atoms with Gasteiger partial charge in [-0.05, 0) is 41.7 Å². The number of rotatable bonds is 4. The van der Waals surface area contributed by atoms with Gasteiger partial charge in [0.25, 0.3) is 0 Å². The zero-order valence-electron chi connectivity index (χ0n) is 12.0. The number of ether oxygens (including phenoxy) is 1. The highest BCUT2D eigenvalue weighted by Crippen LogP contribution is 2.41. The first-order valence-electron chi connectivity index (χ1n) is 7.12. The number of aryl methyl sites for hydroxylation is 1. The molecule has 4 heteroatoms. The van der Waals surface area contributed by atoms with Crippen LogP contribution in [0.2, 0.25) is 0 Å². The van der Waals surface area contributed by atoms with E-state index >= 15 is 0 Å². The molecular weight excluding hydrogens is 267 g/mol. The summed E-state index contributed by atoms with van der Waals surface area (Å²) < 4.78 is 18.9. The monoisotopic (exact) mass is 286 g/mol. The van der Waals surface area contributed by atoms with Gasteiger partial charge in [0.15, 0.2) is 11.6 Å². The largest absolute Gasteiger partial charge is 0.494 e. The first-order chi connectivity index (χ1) is 10.2. The lowest BCUT2D eigenvalue weighted by Gasteiger charge is -2.24. The third-order valence-electron chi connectivity index (χ3n) is 4.30. The molecule has 0 bridgehead atoms. The number of methoxy groups -OCH3 is 1. The maximum Gasteiger partial charge on any atom is 0.165 e. The van der Waals surface area contributed by atoms with Crippen LogP contribution in [0.5, 0.6) is 5.75 Å². The fraction of sp³-hybridized carbons (Fsp3) is 0.294. The van der Waals surface area contributed by atoms with Crippen molar-refractivity contribution in [1.29, 1.82) is 0 Å². The zero-order valence-corrected chi connectivity index (χ0v) is 12.0. The second-order valence-corrected chi connectivity index (χ2v) is 5.38. The smallest absolute Gasteiger partial charge is 0.165 e. The Kier molecular flexibility index (Phi) is 3.90. The van der Waals surface area contributed by atoms with E-state index in [1.807, 2.05) is 12.1 Å². The van der Waals surface area contributed by atoms with Crippen LogP contribution < -0.4 is 16.0 Å². The molecule has 3 rings (SSSR count). The SMILES string of the molecule is COc1ccc(C(NN)C2CCc3ccccc32)cc1F. The second kappa shape index (κ2) is 5.84. The van der Waals surface area contributed by atoms with E-state index < -0.39 is 0 Å². The van der Waals surface area contributed by atoms with Crippen molar-refractivity contribution in [3.8, 4) is 5.75 Å². The van der Waals surface area contributed by atoms with Gasteiger partial charge >= 0.3 is 0 Å². The molecule has 0 fully saturated rings. The lowest BCUT2D eigenvalue weighted by atomic mass is 9.88. The summed E-state index contributed by atoms with van der Waals surface area (Å²) in [7, 11) is 1.46. The molecule has 2 aromatic rings. The molecule has 2 atom stereocenters. The molecule has 21 heavy (non-hydrogen) atoms. The van der Waals surface area contributed by atoms with Crippen LogP contribution in [0, 0.1) is 5.82 Å². The molecule has 1 aliphatic carbocycles. The average Bonchev–Trinajstić information content (AvgIpc) is 2.93. The normalized spacial score (nSPS) is 18.3. The van der Waals surface area contributed by atoms with Crippen LogP contribution in [0.1, 0.15) is 35.1 Å². The van der Waals surface area contributed by atoms with Crippen molar-refractivity contribution in [1.82, 2.24) is 5.43 Å². The summed E-state index contributed by atoms with van der Waals surface area (Å²) in [4.78, 5) is 0. The van der Waals surface area contributed by atoms with Crippen molar-refractivity contribution in [2.24, 2.45) is 5.84 Å². The van der Waals surface area contributed by atoms with E-state index in [0.29, 0.717) is 0 Å². The van der Waals surface area contributed by atoms with Crippen molar-refractivity contribution in [2.75, 3.05) is 7.11 Å². The van der Waals surface area contributed by atoms with Crippen molar-refractivity contribution >= 4 is 0 Å². The summed E-state index contributed by atoms with van der Waals surface area (Å²) in [5.41, 5.74) is 6.36. The van der Waals surface area contributed by atoms with Gasteiger partial charge in [-0.1, -0.05) is 30.3 Å². The van der Waals surface area contributed by atoms with Crippen molar-refractivity contribution in [2.45, 2.75) is 24.8 Å². The lowest BCUT2D eigenvalue weighted by Crippen LogP contribution is -2.32. The minimum absolute atomic E-state index is 0.103. The van der Waals surface area contributed by atoms with Crippen LogP contribution in [-0.4, -0.2) is 7.11 Å². The summed E-state index contributed by atoms with van der Waals surface area (Å²) in [5, 5.41) is 0. The maximum absolute atomic E-state index is 13.9. The van der Waals surface area contributed by atoms with E-state index in [0.717, 1.165) is 18.4 Å². The number of hydrazine groups is 1. The quantitative estimate of drug-likeness (QED) is 0.671. The Hall–Kier alpha value is -1.91. The van der Waals surface area contributed by atoms with Gasteiger partial charge in [0, 0.05) is 5.92 Å². The van der Waals surface area contributed by atoms with Gasteiger partial charge in [-0.3, -0.25) is 11.3 Å². The maximum atomic E-state index is 13.9. The summed E-state index contributed by atoms with van der Waals surface area (Å²) in [6.45, 7) is 0.